The Morgan fingerprint density at radius 1 is 0.458 bits per heavy atom. The van der Waals surface area contributed by atoms with Crippen molar-refractivity contribution < 1.29 is 5.11 Å². The number of nitrogens with one attached hydrogen (secondary N) is 1. The Morgan fingerprint density at radius 2 is 0.792 bits per heavy atom. The molecule has 0 saturated carbocycles. The lowest BCUT2D eigenvalue weighted by atomic mass is 10.0. The van der Waals surface area contributed by atoms with Crippen molar-refractivity contribution in [2.45, 2.75) is 122 Å². The van der Waals surface area contributed by atoms with Gasteiger partial charge in [-0.2, -0.15) is 0 Å². The Labute approximate surface area is 153 Å². The molecule has 0 spiro atoms. The van der Waals surface area contributed by atoms with Crippen LogP contribution in [0.3, 0.4) is 0 Å². The van der Waals surface area contributed by atoms with Gasteiger partial charge in [-0.1, -0.05) is 103 Å². The van der Waals surface area contributed by atoms with Crippen LogP contribution >= 0.6 is 0 Å². The zero-order chi connectivity index (χ0) is 17.6. The molecule has 0 atom stereocenters. The molecule has 2 heteroatoms. The van der Waals surface area contributed by atoms with E-state index < -0.39 is 0 Å². The molecule has 0 aromatic rings. The molecule has 0 unspecified atom stereocenters. The van der Waals surface area contributed by atoms with Gasteiger partial charge < -0.3 is 10.4 Å². The van der Waals surface area contributed by atoms with Crippen molar-refractivity contribution in [2.75, 3.05) is 19.7 Å². The van der Waals surface area contributed by atoms with E-state index in [2.05, 4.69) is 12.2 Å². The van der Waals surface area contributed by atoms with Gasteiger partial charge in [-0.05, 0) is 32.4 Å². The van der Waals surface area contributed by atoms with Crippen molar-refractivity contribution in [2.24, 2.45) is 0 Å². The number of unbranched alkanes of at least 4 members (excludes halogenated alkanes) is 16. The van der Waals surface area contributed by atoms with Crippen LogP contribution in [0, 0.1) is 0 Å². The lowest BCUT2D eigenvalue weighted by Gasteiger charge is -2.05. The highest BCUT2D eigenvalue weighted by atomic mass is 16.2. The topological polar surface area (TPSA) is 32.3 Å². The van der Waals surface area contributed by atoms with Crippen molar-refractivity contribution in [3.63, 3.8) is 0 Å². The van der Waals surface area contributed by atoms with E-state index in [4.69, 9.17) is 5.11 Å². The zero-order valence-electron chi connectivity index (χ0n) is 16.8. The van der Waals surface area contributed by atoms with Gasteiger partial charge in [-0.15, -0.1) is 0 Å². The molecular formula is C22H47NO. The maximum Gasteiger partial charge on any atom is 0.0431 e. The highest BCUT2D eigenvalue weighted by Crippen LogP contribution is 2.12. The van der Waals surface area contributed by atoms with E-state index in [9.17, 15) is 0 Å². The van der Waals surface area contributed by atoms with E-state index in [1.54, 1.807) is 0 Å². The van der Waals surface area contributed by atoms with E-state index in [-0.39, 0.29) is 0 Å². The van der Waals surface area contributed by atoms with Crippen LogP contribution < -0.4 is 5.32 Å². The van der Waals surface area contributed by atoms with Gasteiger partial charge in [0.05, 0.1) is 0 Å². The summed E-state index contributed by atoms with van der Waals surface area (Å²) in [6.07, 6.45) is 24.8. The zero-order valence-corrected chi connectivity index (χ0v) is 16.8. The number of rotatable bonds is 21. The summed E-state index contributed by atoms with van der Waals surface area (Å²) < 4.78 is 0. The van der Waals surface area contributed by atoms with Crippen molar-refractivity contribution in [3.05, 3.63) is 0 Å². The first-order valence-corrected chi connectivity index (χ1v) is 11.2. The molecule has 0 aromatic carbocycles. The minimum absolute atomic E-state index is 0.354. The van der Waals surface area contributed by atoms with Crippen molar-refractivity contribution >= 4 is 0 Å². The van der Waals surface area contributed by atoms with Gasteiger partial charge in [0.25, 0.3) is 0 Å². The van der Waals surface area contributed by atoms with Crippen molar-refractivity contribution in [1.29, 1.82) is 0 Å². The average Bonchev–Trinajstić information content (AvgIpc) is 2.60. The van der Waals surface area contributed by atoms with Crippen molar-refractivity contribution in [1.82, 2.24) is 5.32 Å². The van der Waals surface area contributed by atoms with Gasteiger partial charge in [-0.25, -0.2) is 0 Å². The molecule has 0 saturated heterocycles. The summed E-state index contributed by atoms with van der Waals surface area (Å²) in [4.78, 5) is 0. The normalized spacial score (nSPS) is 11.2. The molecule has 0 aliphatic rings. The van der Waals surface area contributed by atoms with E-state index >= 15 is 0 Å². The summed E-state index contributed by atoms with van der Waals surface area (Å²) in [6.45, 7) is 4.99. The lowest BCUT2D eigenvalue weighted by molar-refractivity contribution is 0.282. The molecule has 0 fully saturated rings. The highest BCUT2D eigenvalue weighted by molar-refractivity contribution is 4.52. The van der Waals surface area contributed by atoms with Crippen LogP contribution in [0.15, 0.2) is 0 Å². The summed E-state index contributed by atoms with van der Waals surface area (Å²) in [5.74, 6) is 0. The Bertz CT molecular complexity index is 186. The molecule has 2 N–H and O–H groups in total. The van der Waals surface area contributed by atoms with Crippen LogP contribution in [0.2, 0.25) is 0 Å². The third kappa shape index (κ3) is 21.9. The predicted molar refractivity (Wildman–Crippen MR) is 109 cm³/mol. The highest BCUT2D eigenvalue weighted by Gasteiger charge is 1.94. The second-order valence-electron chi connectivity index (χ2n) is 7.48. The molecule has 0 bridgehead atoms. The van der Waals surface area contributed by atoms with Crippen LogP contribution in [-0.2, 0) is 0 Å². The second kappa shape index (κ2) is 22.9. The van der Waals surface area contributed by atoms with Crippen molar-refractivity contribution in [3.8, 4) is 0 Å². The molecule has 2 nitrogen and oxygen atoms in total. The first-order valence-electron chi connectivity index (χ1n) is 11.2. The summed E-state index contributed by atoms with van der Waals surface area (Å²) in [7, 11) is 0. The van der Waals surface area contributed by atoms with Gasteiger partial charge in [0.1, 0.15) is 0 Å². The van der Waals surface area contributed by atoms with Crippen LogP contribution in [0.4, 0.5) is 0 Å². The van der Waals surface area contributed by atoms with Crippen LogP contribution in [0.25, 0.3) is 0 Å². The molecule has 0 heterocycles. The lowest BCUT2D eigenvalue weighted by Crippen LogP contribution is -2.16. The Balaban J connectivity index is 2.93. The molecule has 0 rings (SSSR count). The Kier molecular flexibility index (Phi) is 22.8. The molecule has 0 amide bonds. The van der Waals surface area contributed by atoms with Gasteiger partial charge in [0.15, 0.2) is 0 Å². The number of hydrogen-bond acceptors (Lipinski definition) is 2. The largest absolute Gasteiger partial charge is 0.396 e. The van der Waals surface area contributed by atoms with E-state index in [1.165, 1.54) is 116 Å². The summed E-state index contributed by atoms with van der Waals surface area (Å²) in [5.41, 5.74) is 0. The molecule has 0 aromatic heterocycles. The fourth-order valence-corrected chi connectivity index (χ4v) is 3.28. The molecule has 0 aliphatic heterocycles. The van der Waals surface area contributed by atoms with E-state index in [1.807, 2.05) is 0 Å². The molecule has 146 valence electrons. The third-order valence-electron chi connectivity index (χ3n) is 4.97. The SMILES string of the molecule is CCCCCCCCCCCCCCCCNCCCCCCO. The quantitative estimate of drug-likeness (QED) is 0.230. The number of aliphatic hydroxyl groups excluding tert-OH is 1. The summed E-state index contributed by atoms with van der Waals surface area (Å²) in [6, 6.07) is 0. The average molecular weight is 342 g/mol. The van der Waals surface area contributed by atoms with Gasteiger partial charge in [-0.3, -0.25) is 0 Å². The number of hydrogen-bond donors (Lipinski definition) is 2. The minimum Gasteiger partial charge on any atom is -0.396 e. The maximum absolute atomic E-state index is 8.70. The standard InChI is InChI=1S/C22H47NO/c1-2-3-4-5-6-7-8-9-10-11-12-13-14-17-20-23-21-18-15-16-19-22-24/h23-24H,2-22H2,1H3. The van der Waals surface area contributed by atoms with Crippen LogP contribution in [-0.4, -0.2) is 24.8 Å². The fourth-order valence-electron chi connectivity index (χ4n) is 3.28. The minimum atomic E-state index is 0.354. The van der Waals surface area contributed by atoms with Crippen LogP contribution in [0.5, 0.6) is 0 Å². The monoisotopic (exact) mass is 341 g/mol. The van der Waals surface area contributed by atoms with Gasteiger partial charge in [0, 0.05) is 6.61 Å². The smallest absolute Gasteiger partial charge is 0.0431 e. The molecule has 0 radical (unpaired) electrons. The third-order valence-corrected chi connectivity index (χ3v) is 4.97. The summed E-state index contributed by atoms with van der Waals surface area (Å²) >= 11 is 0. The molecule has 0 aliphatic carbocycles. The van der Waals surface area contributed by atoms with Gasteiger partial charge >= 0.3 is 0 Å². The first kappa shape index (κ1) is 23.9. The predicted octanol–water partition coefficient (Wildman–Crippen LogP) is 6.61. The van der Waals surface area contributed by atoms with Crippen LogP contribution in [0.1, 0.15) is 122 Å². The molecule has 24 heavy (non-hydrogen) atoms. The van der Waals surface area contributed by atoms with Gasteiger partial charge in [0.2, 0.25) is 0 Å². The Morgan fingerprint density at radius 3 is 1.17 bits per heavy atom. The van der Waals surface area contributed by atoms with E-state index in [0.717, 1.165) is 13.0 Å². The first-order chi connectivity index (χ1) is 11.9. The Hall–Kier alpha value is -0.0800. The maximum atomic E-state index is 8.70. The molecular weight excluding hydrogens is 294 g/mol. The van der Waals surface area contributed by atoms with E-state index in [0.29, 0.717) is 6.61 Å². The second-order valence-corrected chi connectivity index (χ2v) is 7.48. The summed E-state index contributed by atoms with van der Waals surface area (Å²) in [5, 5.41) is 12.2. The number of aliphatic hydroxyl groups is 1. The fraction of sp³-hybridized carbons (Fsp3) is 1.00.